The minimum absolute atomic E-state index is 0.158. The van der Waals surface area contributed by atoms with Gasteiger partial charge in [0, 0.05) is 0 Å². The van der Waals surface area contributed by atoms with E-state index >= 15 is 0 Å². The van der Waals surface area contributed by atoms with Crippen LogP contribution < -0.4 is 0 Å². The number of rotatable bonds is 2. The first kappa shape index (κ1) is 21.1. The topological polar surface area (TPSA) is 46.5 Å². The van der Waals surface area contributed by atoms with E-state index in [-0.39, 0.29) is 17.1 Å². The van der Waals surface area contributed by atoms with Gasteiger partial charge in [0.15, 0.2) is 5.78 Å². The first-order valence-electron chi connectivity index (χ1n) is 9.21. The zero-order chi connectivity index (χ0) is 21.8. The average molecular weight is 404 g/mol. The summed E-state index contributed by atoms with van der Waals surface area (Å²) in [7, 11) is 0. The summed E-state index contributed by atoms with van der Waals surface area (Å²) >= 11 is 0. The number of carbonyl (C=O) groups excluding carboxylic acids is 1. The Labute approximate surface area is 167 Å². The van der Waals surface area contributed by atoms with E-state index in [1.54, 1.807) is 45.9 Å². The molecule has 2 aromatic carbocycles. The Morgan fingerprint density at radius 3 is 2.00 bits per heavy atom. The highest BCUT2D eigenvalue weighted by Gasteiger charge is 2.47. The van der Waals surface area contributed by atoms with Gasteiger partial charge < -0.3 is 9.84 Å². The molecule has 3 nitrogen and oxygen atoms in total. The van der Waals surface area contributed by atoms with Crippen LogP contribution in [0.3, 0.4) is 0 Å². The molecule has 0 saturated heterocycles. The molecule has 0 atom stereocenters. The van der Waals surface area contributed by atoms with E-state index in [9.17, 15) is 23.1 Å². The molecular formula is C23H23F3O3. The first-order chi connectivity index (χ1) is 13.2. The van der Waals surface area contributed by atoms with Crippen molar-refractivity contribution in [2.75, 3.05) is 0 Å². The van der Waals surface area contributed by atoms with Gasteiger partial charge >= 0.3 is 6.18 Å². The summed E-state index contributed by atoms with van der Waals surface area (Å²) in [6, 6.07) is 10.1. The summed E-state index contributed by atoms with van der Waals surface area (Å²) in [6.45, 7) is 8.49. The standard InChI is InChI=1S/C23H23F3O3/c1-13-6-7-15(14-8-10-16(11-9-14)23(24,25)26)12-17(13)18-19(27)21(2,3)29-22(4,5)20(18)28/h6-12,27H,1-5H3. The van der Waals surface area contributed by atoms with Crippen LogP contribution in [0.15, 0.2) is 48.2 Å². The van der Waals surface area contributed by atoms with Crippen LogP contribution in [0.1, 0.15) is 44.4 Å². The molecule has 0 aromatic heterocycles. The second kappa shape index (κ2) is 6.73. The molecule has 0 aliphatic carbocycles. The minimum atomic E-state index is -4.40. The van der Waals surface area contributed by atoms with Crippen LogP contribution in [0.5, 0.6) is 0 Å². The highest BCUT2D eigenvalue weighted by atomic mass is 19.4. The van der Waals surface area contributed by atoms with Gasteiger partial charge in [0.1, 0.15) is 17.0 Å². The molecule has 0 saturated carbocycles. The van der Waals surface area contributed by atoms with Gasteiger partial charge in [-0.05, 0) is 75.1 Å². The number of alkyl halides is 3. The average Bonchev–Trinajstić information content (AvgIpc) is 2.60. The van der Waals surface area contributed by atoms with Crippen LogP contribution in [0, 0.1) is 6.92 Å². The van der Waals surface area contributed by atoms with E-state index in [4.69, 9.17) is 4.74 Å². The molecule has 29 heavy (non-hydrogen) atoms. The molecule has 1 aliphatic heterocycles. The number of aryl methyl sites for hydroxylation is 1. The third-order valence-corrected chi connectivity index (χ3v) is 5.14. The maximum absolute atomic E-state index is 13.0. The molecule has 2 aromatic rings. The molecule has 0 radical (unpaired) electrons. The zero-order valence-corrected chi connectivity index (χ0v) is 16.9. The molecular weight excluding hydrogens is 381 g/mol. The number of ether oxygens (including phenoxy) is 1. The number of aliphatic hydroxyl groups is 1. The summed E-state index contributed by atoms with van der Waals surface area (Å²) in [5, 5.41) is 10.8. The summed E-state index contributed by atoms with van der Waals surface area (Å²) in [5.74, 6) is -0.503. The molecule has 0 bridgehead atoms. The van der Waals surface area contributed by atoms with Crippen molar-refractivity contribution in [3.63, 3.8) is 0 Å². The fourth-order valence-electron chi connectivity index (χ4n) is 3.61. The lowest BCUT2D eigenvalue weighted by Crippen LogP contribution is -2.49. The predicted molar refractivity (Wildman–Crippen MR) is 105 cm³/mol. The van der Waals surface area contributed by atoms with E-state index in [1.807, 2.05) is 6.92 Å². The fraction of sp³-hybridized carbons (Fsp3) is 0.348. The van der Waals surface area contributed by atoms with Crippen molar-refractivity contribution in [3.05, 3.63) is 64.9 Å². The Kier molecular flexibility index (Phi) is 4.90. The molecule has 0 spiro atoms. The predicted octanol–water partition coefficient (Wildman–Crippen LogP) is 6.11. The summed E-state index contributed by atoms with van der Waals surface area (Å²) in [4.78, 5) is 13.0. The van der Waals surface area contributed by atoms with E-state index in [2.05, 4.69) is 0 Å². The highest BCUT2D eigenvalue weighted by Crippen LogP contribution is 2.41. The van der Waals surface area contributed by atoms with Gasteiger partial charge in [-0.1, -0.05) is 24.3 Å². The van der Waals surface area contributed by atoms with Crippen molar-refractivity contribution in [3.8, 4) is 11.1 Å². The molecule has 0 unspecified atom stereocenters. The van der Waals surface area contributed by atoms with Crippen molar-refractivity contribution in [2.45, 2.75) is 52.0 Å². The third kappa shape index (κ3) is 3.81. The van der Waals surface area contributed by atoms with Crippen LogP contribution in [-0.2, 0) is 15.7 Å². The summed E-state index contributed by atoms with van der Waals surface area (Å²) in [5.41, 5.74) is -0.189. The number of ketones is 1. The van der Waals surface area contributed by atoms with Crippen molar-refractivity contribution >= 4 is 11.4 Å². The van der Waals surface area contributed by atoms with Gasteiger partial charge in [0.2, 0.25) is 0 Å². The van der Waals surface area contributed by atoms with Crippen molar-refractivity contribution in [2.24, 2.45) is 0 Å². The normalized spacial score (nSPS) is 18.8. The Morgan fingerprint density at radius 1 is 0.897 bits per heavy atom. The lowest BCUT2D eigenvalue weighted by molar-refractivity contribution is -0.158. The van der Waals surface area contributed by atoms with Crippen LogP contribution in [-0.4, -0.2) is 22.1 Å². The molecule has 154 valence electrons. The molecule has 1 aliphatic rings. The Balaban J connectivity index is 2.14. The summed E-state index contributed by atoms with van der Waals surface area (Å²) in [6.07, 6.45) is -4.40. The maximum Gasteiger partial charge on any atom is 0.416 e. The smallest absolute Gasteiger partial charge is 0.416 e. The Morgan fingerprint density at radius 2 is 1.45 bits per heavy atom. The fourth-order valence-corrected chi connectivity index (χ4v) is 3.61. The third-order valence-electron chi connectivity index (χ3n) is 5.14. The number of Topliss-reactive ketones (excluding diaryl/α,β-unsaturated/α-hetero) is 1. The van der Waals surface area contributed by atoms with E-state index in [1.165, 1.54) is 12.1 Å². The number of carbonyl (C=O) groups is 1. The lowest BCUT2D eigenvalue weighted by Gasteiger charge is -2.40. The van der Waals surface area contributed by atoms with Gasteiger partial charge in [-0.2, -0.15) is 13.2 Å². The van der Waals surface area contributed by atoms with Gasteiger partial charge in [-0.3, -0.25) is 4.79 Å². The maximum atomic E-state index is 13.0. The Bertz CT molecular complexity index is 997. The van der Waals surface area contributed by atoms with Gasteiger partial charge in [-0.25, -0.2) is 0 Å². The van der Waals surface area contributed by atoms with Crippen molar-refractivity contribution in [1.82, 2.24) is 0 Å². The van der Waals surface area contributed by atoms with E-state index < -0.39 is 22.9 Å². The molecule has 0 amide bonds. The van der Waals surface area contributed by atoms with Crippen molar-refractivity contribution in [1.29, 1.82) is 0 Å². The monoisotopic (exact) mass is 404 g/mol. The molecule has 0 fully saturated rings. The number of hydrogen-bond donors (Lipinski definition) is 1. The van der Waals surface area contributed by atoms with Crippen LogP contribution in [0.2, 0.25) is 0 Å². The molecule has 3 rings (SSSR count). The molecule has 1 N–H and O–H groups in total. The summed E-state index contributed by atoms with van der Waals surface area (Å²) < 4.78 is 44.3. The van der Waals surface area contributed by atoms with Crippen LogP contribution in [0.25, 0.3) is 16.7 Å². The number of hydrogen-bond acceptors (Lipinski definition) is 3. The van der Waals surface area contributed by atoms with Gasteiger partial charge in [-0.15, -0.1) is 0 Å². The number of aliphatic hydroxyl groups excluding tert-OH is 1. The lowest BCUT2D eigenvalue weighted by atomic mass is 9.81. The molecule has 6 heteroatoms. The SMILES string of the molecule is Cc1ccc(-c2ccc(C(F)(F)F)cc2)cc1C1=C(O)C(C)(C)OC(C)(C)C1=O. The first-order valence-corrected chi connectivity index (χ1v) is 9.21. The highest BCUT2D eigenvalue weighted by molar-refractivity contribution is 6.26. The van der Waals surface area contributed by atoms with Crippen LogP contribution >= 0.6 is 0 Å². The largest absolute Gasteiger partial charge is 0.508 e. The Hall–Kier alpha value is -2.60. The number of benzene rings is 2. The second-order valence-electron chi connectivity index (χ2n) is 8.28. The van der Waals surface area contributed by atoms with Gasteiger partial charge in [0.05, 0.1) is 11.1 Å². The van der Waals surface area contributed by atoms with E-state index in [0.29, 0.717) is 16.7 Å². The second-order valence-corrected chi connectivity index (χ2v) is 8.28. The zero-order valence-electron chi connectivity index (χ0n) is 16.9. The van der Waals surface area contributed by atoms with Crippen molar-refractivity contribution < 1.29 is 27.8 Å². The minimum Gasteiger partial charge on any atom is -0.508 e. The number of halogens is 3. The van der Waals surface area contributed by atoms with Crippen LogP contribution in [0.4, 0.5) is 13.2 Å². The quantitative estimate of drug-likeness (QED) is 0.657. The molecule has 1 heterocycles. The van der Waals surface area contributed by atoms with Gasteiger partial charge in [0.25, 0.3) is 0 Å². The van der Waals surface area contributed by atoms with E-state index in [0.717, 1.165) is 17.7 Å².